The van der Waals surface area contributed by atoms with Gasteiger partial charge in [-0.05, 0) is 69.8 Å². The molecular weight excluding hydrogens is 363 g/mol. The van der Waals surface area contributed by atoms with E-state index in [1.165, 1.54) is 12.1 Å². The van der Waals surface area contributed by atoms with Crippen molar-refractivity contribution in [2.75, 3.05) is 0 Å². The lowest BCUT2D eigenvalue weighted by atomic mass is 9.90. The smallest absolute Gasteiger partial charge is 0.127 e. The summed E-state index contributed by atoms with van der Waals surface area (Å²) in [7, 11) is 0. The molecule has 4 nitrogen and oxygen atoms in total. The molecule has 1 atom stereocenters. The van der Waals surface area contributed by atoms with Crippen LogP contribution in [0.3, 0.4) is 0 Å². The van der Waals surface area contributed by atoms with Crippen LogP contribution in [0.5, 0.6) is 0 Å². The van der Waals surface area contributed by atoms with Gasteiger partial charge in [-0.1, -0.05) is 24.3 Å². The van der Waals surface area contributed by atoms with Crippen molar-refractivity contribution < 1.29 is 4.39 Å². The second kappa shape index (κ2) is 6.95. The Kier molecular flexibility index (Phi) is 4.13. The zero-order chi connectivity index (χ0) is 19.8. The van der Waals surface area contributed by atoms with Crippen LogP contribution in [0.15, 0.2) is 90.4 Å². The van der Waals surface area contributed by atoms with Gasteiger partial charge in [-0.2, -0.15) is 0 Å². The van der Waals surface area contributed by atoms with Crippen molar-refractivity contribution >= 4 is 5.84 Å². The van der Waals surface area contributed by atoms with E-state index in [1.54, 1.807) is 18.6 Å². The summed E-state index contributed by atoms with van der Waals surface area (Å²) in [6, 6.07) is 18.3. The van der Waals surface area contributed by atoms with Crippen LogP contribution in [0.4, 0.5) is 4.39 Å². The molecule has 4 aromatic rings. The normalized spacial score (nSPS) is 15.1. The second-order valence-electron chi connectivity index (χ2n) is 6.94. The molecule has 0 amide bonds. The predicted octanol–water partition coefficient (Wildman–Crippen LogP) is 4.76. The summed E-state index contributed by atoms with van der Waals surface area (Å²) in [5.41, 5.74) is 12.5. The Morgan fingerprint density at radius 2 is 1.62 bits per heavy atom. The first-order chi connectivity index (χ1) is 14.2. The number of amidine groups is 1. The fourth-order valence-corrected chi connectivity index (χ4v) is 3.84. The van der Waals surface area contributed by atoms with Crippen molar-refractivity contribution in [3.63, 3.8) is 0 Å². The molecule has 0 bridgehead atoms. The first kappa shape index (κ1) is 17.3. The quantitative estimate of drug-likeness (QED) is 0.557. The van der Waals surface area contributed by atoms with Gasteiger partial charge in [0.15, 0.2) is 0 Å². The minimum absolute atomic E-state index is 0.311. The Bertz CT molecular complexity index is 1220. The molecule has 1 unspecified atom stereocenters. The van der Waals surface area contributed by atoms with Gasteiger partial charge in [0.1, 0.15) is 17.7 Å². The molecule has 0 spiro atoms. The van der Waals surface area contributed by atoms with E-state index in [-0.39, 0.29) is 11.9 Å². The molecule has 1 aliphatic heterocycles. The number of halogens is 1. The number of hydrogen-bond acceptors (Lipinski definition) is 4. The standard InChI is InChI=1S/C24H17FN4/c25-19-12-20(15-6-9-27-10-7-15)22-21(13-19)23(29-24(22)26)17-4-1-3-16(11-17)18-5-2-8-28-14-18/h1-14,23H,(H2,26,29). The third kappa shape index (κ3) is 3.06. The van der Waals surface area contributed by atoms with Crippen molar-refractivity contribution in [3.8, 4) is 22.3 Å². The molecule has 0 saturated carbocycles. The van der Waals surface area contributed by atoms with Crippen LogP contribution in [0.1, 0.15) is 22.7 Å². The Labute approximate surface area is 167 Å². The van der Waals surface area contributed by atoms with Gasteiger partial charge >= 0.3 is 0 Å². The maximum absolute atomic E-state index is 14.6. The highest BCUT2D eigenvalue weighted by Gasteiger charge is 2.29. The summed E-state index contributed by atoms with van der Waals surface area (Å²) < 4.78 is 14.6. The molecule has 0 radical (unpaired) electrons. The Hall–Kier alpha value is -3.86. The molecule has 5 heteroatoms. The van der Waals surface area contributed by atoms with Crippen molar-refractivity contribution in [1.29, 1.82) is 0 Å². The zero-order valence-corrected chi connectivity index (χ0v) is 15.5. The van der Waals surface area contributed by atoms with Gasteiger partial charge in [0, 0.05) is 30.4 Å². The van der Waals surface area contributed by atoms with E-state index < -0.39 is 0 Å². The summed E-state index contributed by atoms with van der Waals surface area (Å²) in [6.07, 6.45) is 6.93. The third-order valence-corrected chi connectivity index (χ3v) is 5.14. The van der Waals surface area contributed by atoms with Gasteiger partial charge < -0.3 is 5.73 Å². The molecular formula is C24H17FN4. The number of nitrogens with two attached hydrogens (primary N) is 1. The van der Waals surface area contributed by atoms with E-state index in [1.807, 2.05) is 48.7 Å². The Morgan fingerprint density at radius 3 is 2.41 bits per heavy atom. The number of fused-ring (bicyclic) bond motifs is 1. The molecule has 140 valence electrons. The van der Waals surface area contributed by atoms with E-state index in [4.69, 9.17) is 5.73 Å². The maximum Gasteiger partial charge on any atom is 0.127 e. The van der Waals surface area contributed by atoms with Gasteiger partial charge in [0.25, 0.3) is 0 Å². The molecule has 29 heavy (non-hydrogen) atoms. The lowest BCUT2D eigenvalue weighted by Gasteiger charge is -2.14. The molecule has 5 rings (SSSR count). The summed E-state index contributed by atoms with van der Waals surface area (Å²) in [5.74, 6) is 0.109. The van der Waals surface area contributed by atoms with E-state index in [0.717, 1.165) is 38.9 Å². The average molecular weight is 380 g/mol. The van der Waals surface area contributed by atoms with Crippen molar-refractivity contribution in [2.24, 2.45) is 10.7 Å². The first-order valence-corrected chi connectivity index (χ1v) is 9.28. The van der Waals surface area contributed by atoms with Crippen LogP contribution in [-0.2, 0) is 0 Å². The van der Waals surface area contributed by atoms with Gasteiger partial charge in [0.05, 0.1) is 0 Å². The summed E-state index contributed by atoms with van der Waals surface area (Å²) in [5, 5.41) is 0. The van der Waals surface area contributed by atoms with Gasteiger partial charge in [-0.25, -0.2) is 4.39 Å². The Morgan fingerprint density at radius 1 is 0.793 bits per heavy atom. The monoisotopic (exact) mass is 380 g/mol. The molecule has 0 saturated heterocycles. The molecule has 0 aliphatic carbocycles. The molecule has 1 aliphatic rings. The highest BCUT2D eigenvalue weighted by atomic mass is 19.1. The molecule has 2 N–H and O–H groups in total. The number of benzene rings is 2. The minimum atomic E-state index is -0.349. The fraction of sp³-hybridized carbons (Fsp3) is 0.0417. The van der Waals surface area contributed by atoms with Gasteiger partial charge in [-0.15, -0.1) is 0 Å². The number of aromatic nitrogens is 2. The largest absolute Gasteiger partial charge is 0.383 e. The second-order valence-corrected chi connectivity index (χ2v) is 6.94. The van der Waals surface area contributed by atoms with Gasteiger partial charge in [-0.3, -0.25) is 15.0 Å². The number of aliphatic imine (C=N–C) groups is 1. The number of nitrogens with zero attached hydrogens (tertiary/aromatic N) is 3. The van der Waals surface area contributed by atoms with Crippen LogP contribution in [0.2, 0.25) is 0 Å². The summed E-state index contributed by atoms with van der Waals surface area (Å²) in [4.78, 5) is 12.9. The van der Waals surface area contributed by atoms with Crippen molar-refractivity contribution in [1.82, 2.24) is 9.97 Å². The highest BCUT2D eigenvalue weighted by molar-refractivity contribution is 6.07. The van der Waals surface area contributed by atoms with Crippen LogP contribution in [0.25, 0.3) is 22.3 Å². The number of rotatable bonds is 3. The Balaban J connectivity index is 1.64. The van der Waals surface area contributed by atoms with E-state index >= 15 is 0 Å². The fourth-order valence-electron chi connectivity index (χ4n) is 3.84. The zero-order valence-electron chi connectivity index (χ0n) is 15.5. The number of hydrogen-bond donors (Lipinski definition) is 1. The average Bonchev–Trinajstić information content (AvgIpc) is 3.11. The van der Waals surface area contributed by atoms with Crippen molar-refractivity contribution in [3.05, 3.63) is 108 Å². The van der Waals surface area contributed by atoms with Crippen LogP contribution >= 0.6 is 0 Å². The van der Waals surface area contributed by atoms with E-state index in [0.29, 0.717) is 5.84 Å². The van der Waals surface area contributed by atoms with Crippen LogP contribution in [-0.4, -0.2) is 15.8 Å². The molecule has 2 aromatic heterocycles. The summed E-state index contributed by atoms with van der Waals surface area (Å²) >= 11 is 0. The number of pyridine rings is 2. The SMILES string of the molecule is NC1=NC(c2cccc(-c3cccnc3)c2)c2cc(F)cc(-c3ccncc3)c21. The highest BCUT2D eigenvalue weighted by Crippen LogP contribution is 2.40. The van der Waals surface area contributed by atoms with Gasteiger partial charge in [0.2, 0.25) is 0 Å². The van der Waals surface area contributed by atoms with E-state index in [2.05, 4.69) is 21.0 Å². The lowest BCUT2D eigenvalue weighted by molar-refractivity contribution is 0.625. The molecule has 3 heterocycles. The van der Waals surface area contributed by atoms with Crippen LogP contribution < -0.4 is 5.73 Å². The molecule has 2 aromatic carbocycles. The predicted molar refractivity (Wildman–Crippen MR) is 112 cm³/mol. The maximum atomic E-state index is 14.6. The van der Waals surface area contributed by atoms with Crippen molar-refractivity contribution in [2.45, 2.75) is 6.04 Å². The lowest BCUT2D eigenvalue weighted by Crippen LogP contribution is -2.12. The van der Waals surface area contributed by atoms with E-state index in [9.17, 15) is 4.39 Å². The molecule has 0 fully saturated rings. The topological polar surface area (TPSA) is 64.2 Å². The summed E-state index contributed by atoms with van der Waals surface area (Å²) in [6.45, 7) is 0. The van der Waals surface area contributed by atoms with Crippen LogP contribution in [0, 0.1) is 5.82 Å². The first-order valence-electron chi connectivity index (χ1n) is 9.28. The minimum Gasteiger partial charge on any atom is -0.383 e. The third-order valence-electron chi connectivity index (χ3n) is 5.14.